The van der Waals surface area contributed by atoms with Crippen molar-refractivity contribution in [2.24, 2.45) is 11.8 Å². The summed E-state index contributed by atoms with van der Waals surface area (Å²) in [7, 11) is 0. The highest BCUT2D eigenvalue weighted by Crippen LogP contribution is 2.20. The number of aliphatic hydroxyl groups is 1. The van der Waals surface area contributed by atoms with Crippen LogP contribution in [-0.4, -0.2) is 46.0 Å². The Kier molecular flexibility index (Phi) is 50.0. The molecule has 0 fully saturated rings. The molecule has 0 unspecified atom stereocenters. The van der Waals surface area contributed by atoms with Crippen molar-refractivity contribution in [2.75, 3.05) is 23.9 Å². The Bertz CT molecular complexity index is 581. The number of carbonyl (C=O) groups is 2. The Morgan fingerprint density at radius 2 is 0.872 bits per heavy atom. The minimum atomic E-state index is -0.690. The minimum absolute atomic E-state index is 0.00619. The van der Waals surface area contributed by atoms with E-state index in [-0.39, 0.29) is 5.97 Å². The summed E-state index contributed by atoms with van der Waals surface area (Å²) in [5.41, 5.74) is 0. The van der Waals surface area contributed by atoms with E-state index in [1.807, 2.05) is 0 Å². The summed E-state index contributed by atoms with van der Waals surface area (Å²) >= 11 is 6.69. The van der Waals surface area contributed by atoms with Gasteiger partial charge in [-0.15, -0.1) is 0 Å². The second-order valence-electron chi connectivity index (χ2n) is 13.4. The average molecular weight is 801 g/mol. The van der Waals surface area contributed by atoms with E-state index in [0.717, 1.165) is 49.2 Å². The molecule has 2 N–H and O–H groups in total. The van der Waals surface area contributed by atoms with Crippen LogP contribution in [0.2, 0.25) is 0 Å². The number of ether oxygens (including phenoxy) is 1. The summed E-state index contributed by atoms with van der Waals surface area (Å²) in [5, 5.41) is 19.4. The predicted molar refractivity (Wildman–Crippen MR) is 212 cm³/mol. The zero-order valence-corrected chi connectivity index (χ0v) is 34.8. The quantitative estimate of drug-likeness (QED) is 0.0392. The third-order valence-electron chi connectivity index (χ3n) is 8.64. The van der Waals surface area contributed by atoms with Gasteiger partial charge in [-0.25, -0.2) is 0 Å². The molecule has 7 heteroatoms. The molecule has 0 saturated carbocycles. The number of hydrogen-bond acceptors (Lipinski definition) is 4. The van der Waals surface area contributed by atoms with Crippen molar-refractivity contribution in [3.8, 4) is 0 Å². The normalized spacial score (nSPS) is 10.8. The van der Waals surface area contributed by atoms with Crippen LogP contribution in [0.4, 0.5) is 0 Å². The van der Waals surface area contributed by atoms with Crippen LogP contribution in [0, 0.1) is 11.8 Å². The summed E-state index contributed by atoms with van der Waals surface area (Å²) in [4.78, 5) is 21.8. The molecule has 0 amide bonds. The first-order valence-corrected chi connectivity index (χ1v) is 22.2. The van der Waals surface area contributed by atoms with Crippen LogP contribution in [0.15, 0.2) is 0 Å². The molecule has 0 atom stereocenters. The van der Waals surface area contributed by atoms with Gasteiger partial charge in [0.15, 0.2) is 0 Å². The molecule has 284 valence electrons. The molecule has 5 nitrogen and oxygen atoms in total. The van der Waals surface area contributed by atoms with Gasteiger partial charge >= 0.3 is 11.9 Å². The van der Waals surface area contributed by atoms with E-state index in [0.29, 0.717) is 37.9 Å². The number of carboxylic acids is 1. The Morgan fingerprint density at radius 1 is 0.511 bits per heavy atom. The van der Waals surface area contributed by atoms with Crippen LogP contribution in [0.25, 0.3) is 0 Å². The molecule has 0 aromatic heterocycles. The molecule has 0 spiro atoms. The third kappa shape index (κ3) is 48.0. The molecular weight excluding hydrogens is 720 g/mol. The number of aliphatic carboxylic acids is 1. The zero-order chi connectivity index (χ0) is 35.6. The molecule has 0 radical (unpaired) electrons. The van der Waals surface area contributed by atoms with Crippen LogP contribution in [-0.2, 0) is 14.3 Å². The lowest BCUT2D eigenvalue weighted by molar-refractivity contribution is -0.145. The number of unbranched alkanes of at least 4 members (excludes halogenated alkanes) is 16. The van der Waals surface area contributed by atoms with E-state index in [4.69, 9.17) is 9.84 Å². The molecule has 0 heterocycles. The molecule has 0 saturated heterocycles. The molecule has 0 aliphatic rings. The highest BCUT2D eigenvalue weighted by molar-refractivity contribution is 9.09. The van der Waals surface area contributed by atoms with Crippen LogP contribution < -0.4 is 0 Å². The van der Waals surface area contributed by atoms with Crippen molar-refractivity contribution in [1.82, 2.24) is 0 Å². The van der Waals surface area contributed by atoms with Gasteiger partial charge in [-0.05, 0) is 63.2 Å². The standard InChI is InChI=1S/C20H39BrO2.C14H30O.C6H11BrO2/c1-3-5-7-10-14-19(15-11-8-6-4-2)18-23-20(22)16-12-9-13-17-21;1-3-5-7-9-11-14(13-15)12-10-8-6-4-2;7-5-3-1-2-4-6(8)9/h19H,3-18H2,1-2H3;14-15H,3-13H2,1-2H3;1-5H2,(H,8,9). The lowest BCUT2D eigenvalue weighted by atomic mass is 9.95. The predicted octanol–water partition coefficient (Wildman–Crippen LogP) is 13.6. The van der Waals surface area contributed by atoms with Crippen molar-refractivity contribution >= 4 is 43.8 Å². The number of carbonyl (C=O) groups excluding carboxylic acids is 1. The largest absolute Gasteiger partial charge is 0.481 e. The van der Waals surface area contributed by atoms with E-state index in [1.54, 1.807) is 0 Å². The smallest absolute Gasteiger partial charge is 0.305 e. The van der Waals surface area contributed by atoms with E-state index in [9.17, 15) is 14.7 Å². The van der Waals surface area contributed by atoms with Gasteiger partial charge in [-0.2, -0.15) is 0 Å². The van der Waals surface area contributed by atoms with Gasteiger partial charge < -0.3 is 14.9 Å². The molecule has 47 heavy (non-hydrogen) atoms. The van der Waals surface area contributed by atoms with Gasteiger partial charge in [-0.1, -0.05) is 175 Å². The first-order valence-electron chi connectivity index (χ1n) is 20.0. The average Bonchev–Trinajstić information content (AvgIpc) is 3.07. The molecule has 0 aromatic carbocycles. The van der Waals surface area contributed by atoms with Crippen LogP contribution >= 0.6 is 31.9 Å². The van der Waals surface area contributed by atoms with Crippen molar-refractivity contribution in [3.63, 3.8) is 0 Å². The topological polar surface area (TPSA) is 83.8 Å². The molecule has 0 aromatic rings. The maximum Gasteiger partial charge on any atom is 0.305 e. The fourth-order valence-corrected chi connectivity index (χ4v) is 6.24. The van der Waals surface area contributed by atoms with Gasteiger partial charge in [0.2, 0.25) is 0 Å². The zero-order valence-electron chi connectivity index (χ0n) is 31.7. The number of halogens is 2. The first-order chi connectivity index (χ1) is 22.9. The summed E-state index contributed by atoms with van der Waals surface area (Å²) in [6.45, 7) is 10.0. The number of alkyl halides is 2. The van der Waals surface area contributed by atoms with Gasteiger partial charge in [0, 0.05) is 30.1 Å². The van der Waals surface area contributed by atoms with Crippen molar-refractivity contribution in [1.29, 1.82) is 0 Å². The second kappa shape index (κ2) is 45.9. The summed E-state index contributed by atoms with van der Waals surface area (Å²) in [6.07, 6.45) is 33.0. The Balaban J connectivity index is -0.000000688. The summed E-state index contributed by atoms with van der Waals surface area (Å²) in [6, 6.07) is 0. The maximum absolute atomic E-state index is 11.8. The van der Waals surface area contributed by atoms with Gasteiger partial charge in [-0.3, -0.25) is 9.59 Å². The molecule has 0 aliphatic heterocycles. The van der Waals surface area contributed by atoms with Crippen LogP contribution in [0.1, 0.15) is 207 Å². The molecular formula is C40H80Br2O5. The van der Waals surface area contributed by atoms with Gasteiger partial charge in [0.1, 0.15) is 0 Å². The maximum atomic E-state index is 11.8. The Labute approximate surface area is 310 Å². The fraction of sp³-hybridized carbons (Fsp3) is 0.950. The highest BCUT2D eigenvalue weighted by Gasteiger charge is 2.12. The first kappa shape index (κ1) is 51.2. The van der Waals surface area contributed by atoms with Gasteiger partial charge in [0.25, 0.3) is 0 Å². The van der Waals surface area contributed by atoms with Crippen LogP contribution in [0.3, 0.4) is 0 Å². The van der Waals surface area contributed by atoms with E-state index in [2.05, 4.69) is 59.6 Å². The van der Waals surface area contributed by atoms with Crippen molar-refractivity contribution in [3.05, 3.63) is 0 Å². The van der Waals surface area contributed by atoms with E-state index in [1.165, 1.54) is 128 Å². The lowest BCUT2D eigenvalue weighted by Gasteiger charge is -2.17. The molecule has 0 bridgehead atoms. The summed E-state index contributed by atoms with van der Waals surface area (Å²) in [5.74, 6) is 0.477. The lowest BCUT2D eigenvalue weighted by Crippen LogP contribution is -2.14. The van der Waals surface area contributed by atoms with Gasteiger partial charge in [0.05, 0.1) is 6.61 Å². The number of esters is 1. The van der Waals surface area contributed by atoms with Crippen molar-refractivity contribution in [2.45, 2.75) is 207 Å². The molecule has 0 aliphatic carbocycles. The highest BCUT2D eigenvalue weighted by atomic mass is 79.9. The fourth-order valence-electron chi connectivity index (χ4n) is 5.45. The monoisotopic (exact) mass is 798 g/mol. The third-order valence-corrected chi connectivity index (χ3v) is 9.76. The molecule has 0 rings (SSSR count). The number of carboxylic acid groups (broad SMARTS) is 1. The van der Waals surface area contributed by atoms with Crippen LogP contribution in [0.5, 0.6) is 0 Å². The van der Waals surface area contributed by atoms with E-state index < -0.39 is 5.97 Å². The summed E-state index contributed by atoms with van der Waals surface area (Å²) < 4.78 is 5.55. The Hall–Kier alpha value is -0.140. The number of rotatable bonds is 33. The van der Waals surface area contributed by atoms with E-state index >= 15 is 0 Å². The number of aliphatic hydroxyl groups excluding tert-OH is 1. The second-order valence-corrected chi connectivity index (χ2v) is 15.0. The SMILES string of the molecule is CCCCCCC(CCCCCC)COC(=O)CCCCCBr.CCCCCCC(CO)CCCCCC.O=C(O)CCCCCBr. The minimum Gasteiger partial charge on any atom is -0.481 e. The Morgan fingerprint density at radius 3 is 1.21 bits per heavy atom. The van der Waals surface area contributed by atoms with Crippen molar-refractivity contribution < 1.29 is 24.5 Å². The number of hydrogen-bond donors (Lipinski definition) is 2.